The molecule has 132 valence electrons. The zero-order chi connectivity index (χ0) is 16.8. The molecule has 0 spiro atoms. The van der Waals surface area contributed by atoms with Crippen molar-refractivity contribution in [2.75, 3.05) is 32.8 Å². The van der Waals surface area contributed by atoms with E-state index >= 15 is 0 Å². The van der Waals surface area contributed by atoms with E-state index in [4.69, 9.17) is 13.9 Å². The van der Waals surface area contributed by atoms with E-state index in [2.05, 4.69) is 20.1 Å². The third-order valence-corrected chi connectivity index (χ3v) is 3.93. The van der Waals surface area contributed by atoms with Crippen LogP contribution in [0.1, 0.15) is 30.4 Å². The van der Waals surface area contributed by atoms with Crippen LogP contribution in [0.2, 0.25) is 0 Å². The summed E-state index contributed by atoms with van der Waals surface area (Å²) >= 11 is 0. The Balaban J connectivity index is 1.42. The number of β-amino-alcohol motifs (C(OH)–C–C–N with tert-alkyl or cyclic N) is 1. The molecule has 2 aromatic rings. The van der Waals surface area contributed by atoms with E-state index < -0.39 is 6.10 Å². The number of aromatic nitrogens is 3. The van der Waals surface area contributed by atoms with Crippen molar-refractivity contribution in [3.63, 3.8) is 0 Å². The summed E-state index contributed by atoms with van der Waals surface area (Å²) in [6.07, 6.45) is 1.70. The van der Waals surface area contributed by atoms with Crippen LogP contribution in [0.4, 0.5) is 0 Å². The number of nitrogens with one attached hydrogen (secondary N) is 1. The van der Waals surface area contributed by atoms with Crippen LogP contribution < -0.4 is 0 Å². The summed E-state index contributed by atoms with van der Waals surface area (Å²) in [6, 6.07) is 3.66. The Hall–Kier alpha value is -1.74. The molecule has 2 aromatic heterocycles. The van der Waals surface area contributed by atoms with Gasteiger partial charge in [-0.1, -0.05) is 6.92 Å². The molecule has 1 saturated heterocycles. The molecule has 0 aliphatic carbocycles. The fourth-order valence-corrected chi connectivity index (χ4v) is 2.68. The first-order chi connectivity index (χ1) is 11.7. The molecule has 1 aliphatic heterocycles. The average Bonchev–Trinajstić information content (AvgIpc) is 3.26. The van der Waals surface area contributed by atoms with Gasteiger partial charge in [-0.05, 0) is 12.1 Å². The standard InChI is InChI=1S/C16H24N4O4/c1-2-15-17-16(19-18-15)14-9-20(5-7-24-14)8-12(21)10-22-11-13-4-3-6-23-13/h3-4,6,12,14,21H,2,5,7-11H2,1H3,(H,17,18,19)/t12-,14-/m0/s1. The lowest BCUT2D eigenvalue weighted by Gasteiger charge is -2.32. The monoisotopic (exact) mass is 336 g/mol. The van der Waals surface area contributed by atoms with E-state index in [0.29, 0.717) is 32.1 Å². The molecule has 0 aromatic carbocycles. The summed E-state index contributed by atoms with van der Waals surface area (Å²) in [6.45, 7) is 5.23. The number of rotatable bonds is 8. The molecular weight excluding hydrogens is 312 g/mol. The second kappa shape index (κ2) is 8.39. The molecule has 2 atom stereocenters. The number of aliphatic hydroxyl groups excluding tert-OH is 1. The third-order valence-electron chi connectivity index (χ3n) is 3.93. The maximum Gasteiger partial charge on any atom is 0.180 e. The zero-order valence-corrected chi connectivity index (χ0v) is 13.9. The molecule has 0 unspecified atom stereocenters. The normalized spacial score (nSPS) is 20.3. The number of furan rings is 1. The predicted octanol–water partition coefficient (Wildman–Crippen LogP) is 0.911. The number of H-pyrrole nitrogens is 1. The number of aryl methyl sites for hydroxylation is 1. The van der Waals surface area contributed by atoms with E-state index in [1.165, 1.54) is 0 Å². The zero-order valence-electron chi connectivity index (χ0n) is 13.9. The van der Waals surface area contributed by atoms with Crippen LogP contribution in [-0.2, 0) is 22.5 Å². The van der Waals surface area contributed by atoms with Gasteiger partial charge in [0.1, 0.15) is 24.3 Å². The van der Waals surface area contributed by atoms with Crippen LogP contribution in [0.25, 0.3) is 0 Å². The van der Waals surface area contributed by atoms with Gasteiger partial charge in [0, 0.05) is 26.1 Å². The van der Waals surface area contributed by atoms with Crippen LogP contribution in [0.3, 0.4) is 0 Å². The molecule has 3 heterocycles. The quantitative estimate of drug-likeness (QED) is 0.739. The number of aliphatic hydroxyl groups is 1. The highest BCUT2D eigenvalue weighted by atomic mass is 16.5. The molecule has 24 heavy (non-hydrogen) atoms. The maximum atomic E-state index is 10.2. The first kappa shape index (κ1) is 17.1. The van der Waals surface area contributed by atoms with Gasteiger partial charge in [-0.3, -0.25) is 10.00 Å². The number of morpholine rings is 1. The summed E-state index contributed by atoms with van der Waals surface area (Å²) in [5, 5.41) is 17.3. The molecule has 8 heteroatoms. The van der Waals surface area contributed by atoms with Crippen molar-refractivity contribution in [3.05, 3.63) is 35.8 Å². The lowest BCUT2D eigenvalue weighted by molar-refractivity contribution is -0.0572. The summed E-state index contributed by atoms with van der Waals surface area (Å²) in [5.41, 5.74) is 0. The van der Waals surface area contributed by atoms with E-state index in [0.717, 1.165) is 24.6 Å². The number of nitrogens with zero attached hydrogens (tertiary/aromatic N) is 3. The largest absolute Gasteiger partial charge is 0.467 e. The Morgan fingerprint density at radius 1 is 1.54 bits per heavy atom. The molecule has 1 fully saturated rings. The highest BCUT2D eigenvalue weighted by Gasteiger charge is 2.26. The van der Waals surface area contributed by atoms with Gasteiger partial charge in [-0.15, -0.1) is 0 Å². The van der Waals surface area contributed by atoms with E-state index in [1.807, 2.05) is 19.1 Å². The number of hydrogen-bond acceptors (Lipinski definition) is 7. The van der Waals surface area contributed by atoms with Crippen molar-refractivity contribution >= 4 is 0 Å². The maximum absolute atomic E-state index is 10.2. The molecule has 0 saturated carbocycles. The Morgan fingerprint density at radius 2 is 2.46 bits per heavy atom. The molecular formula is C16H24N4O4. The number of aromatic amines is 1. The van der Waals surface area contributed by atoms with E-state index in [-0.39, 0.29) is 12.7 Å². The van der Waals surface area contributed by atoms with Crippen LogP contribution >= 0.6 is 0 Å². The summed E-state index contributed by atoms with van der Waals surface area (Å²) in [5.74, 6) is 2.29. The lowest BCUT2D eigenvalue weighted by atomic mass is 10.2. The Kier molecular flexibility index (Phi) is 5.97. The van der Waals surface area contributed by atoms with Crippen molar-refractivity contribution < 1.29 is 19.0 Å². The second-order valence-corrected chi connectivity index (χ2v) is 5.86. The van der Waals surface area contributed by atoms with Gasteiger partial charge in [-0.25, -0.2) is 4.98 Å². The molecule has 8 nitrogen and oxygen atoms in total. The van der Waals surface area contributed by atoms with Gasteiger partial charge >= 0.3 is 0 Å². The van der Waals surface area contributed by atoms with Crippen LogP contribution in [0.5, 0.6) is 0 Å². The van der Waals surface area contributed by atoms with Crippen molar-refractivity contribution in [1.82, 2.24) is 20.1 Å². The summed E-state index contributed by atoms with van der Waals surface area (Å²) in [4.78, 5) is 6.58. The molecule has 1 aliphatic rings. The van der Waals surface area contributed by atoms with Crippen LogP contribution in [0.15, 0.2) is 22.8 Å². The first-order valence-corrected chi connectivity index (χ1v) is 8.28. The SMILES string of the molecule is CCc1nc([C@@H]2CN(C[C@H](O)COCc3ccco3)CCO2)n[nH]1. The lowest BCUT2D eigenvalue weighted by Crippen LogP contribution is -2.43. The predicted molar refractivity (Wildman–Crippen MR) is 85.3 cm³/mol. The van der Waals surface area contributed by atoms with Crippen LogP contribution in [-0.4, -0.2) is 64.1 Å². The molecule has 0 amide bonds. The van der Waals surface area contributed by atoms with Gasteiger partial charge in [0.2, 0.25) is 0 Å². The highest BCUT2D eigenvalue weighted by molar-refractivity contribution is 4.97. The van der Waals surface area contributed by atoms with Crippen molar-refractivity contribution in [2.24, 2.45) is 0 Å². The fourth-order valence-electron chi connectivity index (χ4n) is 2.68. The number of hydrogen-bond donors (Lipinski definition) is 2. The Bertz CT molecular complexity index is 601. The molecule has 0 bridgehead atoms. The average molecular weight is 336 g/mol. The van der Waals surface area contributed by atoms with Gasteiger partial charge in [0.15, 0.2) is 5.82 Å². The molecule has 0 radical (unpaired) electrons. The van der Waals surface area contributed by atoms with Crippen molar-refractivity contribution in [1.29, 1.82) is 0 Å². The number of ether oxygens (including phenoxy) is 2. The van der Waals surface area contributed by atoms with Crippen molar-refractivity contribution in [3.8, 4) is 0 Å². The van der Waals surface area contributed by atoms with Gasteiger partial charge in [0.25, 0.3) is 0 Å². The minimum absolute atomic E-state index is 0.161. The summed E-state index contributed by atoms with van der Waals surface area (Å²) < 4.78 is 16.4. The molecule has 2 N–H and O–H groups in total. The van der Waals surface area contributed by atoms with E-state index in [1.54, 1.807) is 6.26 Å². The van der Waals surface area contributed by atoms with Crippen LogP contribution in [0, 0.1) is 0 Å². The fraction of sp³-hybridized carbons (Fsp3) is 0.625. The summed E-state index contributed by atoms with van der Waals surface area (Å²) in [7, 11) is 0. The Morgan fingerprint density at radius 3 is 3.21 bits per heavy atom. The van der Waals surface area contributed by atoms with Gasteiger partial charge < -0.3 is 19.0 Å². The van der Waals surface area contributed by atoms with E-state index in [9.17, 15) is 5.11 Å². The smallest absolute Gasteiger partial charge is 0.180 e. The Labute approximate surface area is 140 Å². The molecule has 3 rings (SSSR count). The highest BCUT2D eigenvalue weighted by Crippen LogP contribution is 2.19. The first-order valence-electron chi connectivity index (χ1n) is 8.28. The third kappa shape index (κ3) is 4.64. The van der Waals surface area contributed by atoms with Gasteiger partial charge in [0.05, 0.1) is 25.6 Å². The minimum atomic E-state index is -0.558. The topological polar surface area (TPSA) is 96.6 Å². The van der Waals surface area contributed by atoms with Gasteiger partial charge in [-0.2, -0.15) is 5.10 Å². The minimum Gasteiger partial charge on any atom is -0.467 e. The second-order valence-electron chi connectivity index (χ2n) is 5.86. The van der Waals surface area contributed by atoms with Crippen molar-refractivity contribution in [2.45, 2.75) is 32.2 Å².